The summed E-state index contributed by atoms with van der Waals surface area (Å²) in [6, 6.07) is 4.80. The number of amides is 2. The number of anilines is 2. The minimum absolute atomic E-state index is 0.0583. The number of carbonyl (C=O) groups is 2. The first-order valence-corrected chi connectivity index (χ1v) is 16.8. The summed E-state index contributed by atoms with van der Waals surface area (Å²) in [5.41, 5.74) is 1.41. The Morgan fingerprint density at radius 1 is 1.12 bits per heavy atom. The van der Waals surface area contributed by atoms with Gasteiger partial charge in [0.2, 0.25) is 11.7 Å². The standard InChI is InChI=1S/C35H36F3N9O5/c1-4-25-29(44-11-13-45(14-12-44)32(50)28-30(49)23-7-10-43(3)26(23)18-39-28)33(51)47-34(41-31(42-47)21-8-15-52-16-9-21)46(25)19-27(48)40-24-6-5-22(17-20(24)2)35(36,37)38/h5-8,10,17-18,49H,4,9,11-16,19H2,1-3H3,(H,40,48). The minimum atomic E-state index is -4.53. The Kier molecular flexibility index (Phi) is 8.98. The minimum Gasteiger partial charge on any atom is -0.505 e. The van der Waals surface area contributed by atoms with Crippen LogP contribution in [0, 0.1) is 6.92 Å². The largest absolute Gasteiger partial charge is 0.505 e. The van der Waals surface area contributed by atoms with Crippen molar-refractivity contribution >= 4 is 45.4 Å². The number of piperazine rings is 1. The van der Waals surface area contributed by atoms with Crippen LogP contribution in [-0.4, -0.2) is 89.9 Å². The van der Waals surface area contributed by atoms with Gasteiger partial charge in [-0.1, -0.05) is 13.0 Å². The Bertz CT molecular complexity index is 2320. The molecule has 2 amide bonds. The van der Waals surface area contributed by atoms with Gasteiger partial charge >= 0.3 is 6.18 Å². The number of halogens is 3. The molecule has 52 heavy (non-hydrogen) atoms. The molecule has 2 N–H and O–H groups in total. The Morgan fingerprint density at radius 3 is 2.56 bits per heavy atom. The first kappa shape index (κ1) is 34.7. The molecular weight excluding hydrogens is 683 g/mol. The zero-order valence-corrected chi connectivity index (χ0v) is 28.7. The molecule has 0 spiro atoms. The van der Waals surface area contributed by atoms with Gasteiger partial charge in [0.05, 0.1) is 36.2 Å². The molecule has 6 heterocycles. The third-order valence-electron chi connectivity index (χ3n) is 9.54. The summed E-state index contributed by atoms with van der Waals surface area (Å²) in [6.07, 6.45) is 1.48. The van der Waals surface area contributed by atoms with E-state index in [0.29, 0.717) is 54.2 Å². The van der Waals surface area contributed by atoms with Gasteiger partial charge in [0.25, 0.3) is 11.5 Å². The van der Waals surface area contributed by atoms with Crippen LogP contribution in [0.5, 0.6) is 5.75 Å². The zero-order valence-electron chi connectivity index (χ0n) is 28.7. The quantitative estimate of drug-likeness (QED) is 0.256. The zero-order chi connectivity index (χ0) is 36.9. The molecule has 1 saturated heterocycles. The van der Waals surface area contributed by atoms with Crippen molar-refractivity contribution in [2.75, 3.05) is 49.6 Å². The summed E-state index contributed by atoms with van der Waals surface area (Å²) in [4.78, 5) is 53.7. The van der Waals surface area contributed by atoms with E-state index in [9.17, 15) is 32.7 Å². The van der Waals surface area contributed by atoms with Crippen LogP contribution in [-0.2, 0) is 35.7 Å². The van der Waals surface area contributed by atoms with E-state index >= 15 is 0 Å². The van der Waals surface area contributed by atoms with Gasteiger partial charge < -0.3 is 34.1 Å². The number of aromatic hydroxyl groups is 1. The van der Waals surface area contributed by atoms with E-state index in [4.69, 9.17) is 9.72 Å². The number of fused-ring (bicyclic) bond motifs is 2. The van der Waals surface area contributed by atoms with Crippen LogP contribution in [0.25, 0.3) is 22.3 Å². The molecule has 1 aromatic carbocycles. The number of ether oxygens (including phenoxy) is 1. The first-order valence-electron chi connectivity index (χ1n) is 16.8. The van der Waals surface area contributed by atoms with Gasteiger partial charge in [0.1, 0.15) is 12.2 Å². The summed E-state index contributed by atoms with van der Waals surface area (Å²) in [7, 11) is 1.81. The normalized spacial score (nSPS) is 15.4. The third kappa shape index (κ3) is 6.24. The lowest BCUT2D eigenvalue weighted by Crippen LogP contribution is -2.51. The highest BCUT2D eigenvalue weighted by Gasteiger charge is 2.32. The number of aromatic nitrogens is 6. The maximum atomic E-state index is 14.2. The van der Waals surface area contributed by atoms with Gasteiger partial charge in [-0.25, -0.2) is 4.98 Å². The maximum absolute atomic E-state index is 14.2. The molecular formula is C35H36F3N9O5. The number of nitrogens with one attached hydrogen (secondary N) is 1. The number of alkyl halides is 3. The molecule has 17 heteroatoms. The number of benzene rings is 1. The molecule has 0 bridgehead atoms. The number of aryl methyl sites for hydroxylation is 2. The Balaban J connectivity index is 1.21. The fourth-order valence-corrected chi connectivity index (χ4v) is 6.77. The number of carbonyl (C=O) groups excluding carboxylic acids is 2. The molecule has 0 aliphatic carbocycles. The number of pyridine rings is 1. The molecule has 0 saturated carbocycles. The molecule has 272 valence electrons. The average molecular weight is 720 g/mol. The lowest BCUT2D eigenvalue weighted by Gasteiger charge is -2.36. The summed E-state index contributed by atoms with van der Waals surface area (Å²) in [5, 5.41) is 18.7. The molecule has 0 atom stereocenters. The van der Waals surface area contributed by atoms with Crippen molar-refractivity contribution in [1.29, 1.82) is 0 Å². The number of hydrogen-bond acceptors (Lipinski definition) is 9. The summed E-state index contributed by atoms with van der Waals surface area (Å²) in [6.45, 7) is 4.79. The average Bonchev–Trinajstić information content (AvgIpc) is 3.75. The number of hydrogen-bond donors (Lipinski definition) is 2. The monoisotopic (exact) mass is 719 g/mol. The maximum Gasteiger partial charge on any atom is 0.416 e. The van der Waals surface area contributed by atoms with Crippen molar-refractivity contribution < 1.29 is 32.6 Å². The highest BCUT2D eigenvalue weighted by Crippen LogP contribution is 2.32. The predicted molar refractivity (Wildman–Crippen MR) is 185 cm³/mol. The summed E-state index contributed by atoms with van der Waals surface area (Å²) < 4.78 is 49.8. The molecule has 5 aromatic rings. The molecule has 0 radical (unpaired) electrons. The summed E-state index contributed by atoms with van der Waals surface area (Å²) in [5.74, 6) is -0.711. The second-order valence-electron chi connectivity index (χ2n) is 12.8. The van der Waals surface area contributed by atoms with Crippen LogP contribution in [0.2, 0.25) is 0 Å². The van der Waals surface area contributed by atoms with Crippen molar-refractivity contribution in [3.05, 3.63) is 81.4 Å². The van der Waals surface area contributed by atoms with Gasteiger partial charge in [-0.3, -0.25) is 14.4 Å². The molecule has 1 fully saturated rings. The van der Waals surface area contributed by atoms with E-state index in [-0.39, 0.29) is 61.2 Å². The fraction of sp³-hybridized carbons (Fsp3) is 0.371. The van der Waals surface area contributed by atoms with Crippen LogP contribution in [0.15, 0.2) is 47.5 Å². The van der Waals surface area contributed by atoms with Gasteiger partial charge in [0.15, 0.2) is 17.3 Å². The van der Waals surface area contributed by atoms with E-state index in [1.54, 1.807) is 32.5 Å². The van der Waals surface area contributed by atoms with Crippen LogP contribution in [0.3, 0.4) is 0 Å². The fourth-order valence-electron chi connectivity index (χ4n) is 6.77. The molecule has 0 unspecified atom stereocenters. The van der Waals surface area contributed by atoms with Crippen molar-refractivity contribution in [1.82, 2.24) is 33.6 Å². The predicted octanol–water partition coefficient (Wildman–Crippen LogP) is 3.78. The van der Waals surface area contributed by atoms with Crippen molar-refractivity contribution in [2.24, 2.45) is 7.05 Å². The van der Waals surface area contributed by atoms with E-state index in [1.807, 2.05) is 24.9 Å². The highest BCUT2D eigenvalue weighted by atomic mass is 19.4. The van der Waals surface area contributed by atoms with Crippen molar-refractivity contribution in [2.45, 2.75) is 39.4 Å². The number of nitrogens with zero attached hydrogens (tertiary/aromatic N) is 8. The Hall–Kier alpha value is -5.71. The van der Waals surface area contributed by atoms with Crippen LogP contribution in [0.4, 0.5) is 24.5 Å². The highest BCUT2D eigenvalue weighted by molar-refractivity contribution is 6.01. The molecule has 7 rings (SSSR count). The van der Waals surface area contributed by atoms with E-state index < -0.39 is 29.1 Å². The molecule has 14 nitrogen and oxygen atoms in total. The molecule has 2 aliphatic rings. The Morgan fingerprint density at radius 2 is 1.88 bits per heavy atom. The second kappa shape index (κ2) is 13.4. The Labute approximate surface area is 294 Å². The lowest BCUT2D eigenvalue weighted by molar-refractivity contribution is -0.137. The lowest BCUT2D eigenvalue weighted by atomic mass is 10.1. The summed E-state index contributed by atoms with van der Waals surface area (Å²) >= 11 is 0. The van der Waals surface area contributed by atoms with Crippen molar-refractivity contribution in [3.63, 3.8) is 0 Å². The van der Waals surface area contributed by atoms with E-state index in [0.717, 1.165) is 17.7 Å². The number of rotatable bonds is 7. The van der Waals surface area contributed by atoms with Crippen LogP contribution < -0.4 is 15.8 Å². The van der Waals surface area contributed by atoms with E-state index in [1.165, 1.54) is 17.5 Å². The second-order valence-corrected chi connectivity index (χ2v) is 12.8. The topological polar surface area (TPSA) is 152 Å². The molecule has 4 aromatic heterocycles. The SMILES string of the molecule is CCc1c(N2CCN(C(=O)c3ncc4c(ccn4C)c3O)CC2)c(=O)n2nc(C3=CCOCC3)nc2n1CC(=O)Nc1ccc(C(F)(F)F)cc1C. The van der Waals surface area contributed by atoms with Gasteiger partial charge in [-0.05, 0) is 55.2 Å². The van der Waals surface area contributed by atoms with Gasteiger partial charge in [-0.2, -0.15) is 22.7 Å². The van der Waals surface area contributed by atoms with Crippen LogP contribution >= 0.6 is 0 Å². The van der Waals surface area contributed by atoms with Gasteiger partial charge in [0, 0.05) is 50.5 Å². The van der Waals surface area contributed by atoms with Crippen LogP contribution in [0.1, 0.15) is 46.5 Å². The smallest absolute Gasteiger partial charge is 0.416 e. The van der Waals surface area contributed by atoms with E-state index in [2.05, 4.69) is 15.4 Å². The van der Waals surface area contributed by atoms with Crippen molar-refractivity contribution in [3.8, 4) is 5.75 Å². The first-order chi connectivity index (χ1) is 24.8. The van der Waals surface area contributed by atoms with Gasteiger partial charge in [-0.15, -0.1) is 5.10 Å². The third-order valence-corrected chi connectivity index (χ3v) is 9.54. The molecule has 2 aliphatic heterocycles.